The molecule has 2 nitrogen and oxygen atoms in total. The maximum Gasteiger partial charge on any atom is 0.123 e. The van der Waals surface area contributed by atoms with Crippen LogP contribution in [0.25, 0.3) is 0 Å². The van der Waals surface area contributed by atoms with Gasteiger partial charge in [-0.25, -0.2) is 0 Å². The number of fused-ring (bicyclic) bond motifs is 3. The third-order valence-electron chi connectivity index (χ3n) is 2.85. The fraction of sp³-hybridized carbons (Fsp3) is 0.400. The molecule has 2 heteroatoms. The van der Waals surface area contributed by atoms with Crippen molar-refractivity contribution in [2.24, 2.45) is 5.92 Å². The molecule has 2 aliphatic rings. The van der Waals surface area contributed by atoms with Crippen molar-refractivity contribution in [1.29, 1.82) is 0 Å². The summed E-state index contributed by atoms with van der Waals surface area (Å²) in [6.07, 6.45) is 0.271. The average molecular weight is 162 g/mol. The van der Waals surface area contributed by atoms with Gasteiger partial charge < -0.3 is 9.84 Å². The minimum absolute atomic E-state index is 0.254. The Kier molecular flexibility index (Phi) is 1.09. The molecule has 62 valence electrons. The van der Waals surface area contributed by atoms with Crippen molar-refractivity contribution >= 4 is 0 Å². The van der Waals surface area contributed by atoms with Crippen LogP contribution in [0, 0.1) is 5.92 Å². The van der Waals surface area contributed by atoms with E-state index in [9.17, 15) is 0 Å². The number of aliphatic hydroxyl groups excluding tert-OH is 1. The summed E-state index contributed by atoms with van der Waals surface area (Å²) in [7, 11) is 0. The smallest absolute Gasteiger partial charge is 0.123 e. The molecule has 0 radical (unpaired) electrons. The normalized spacial score (nSPS) is 35.2. The van der Waals surface area contributed by atoms with Gasteiger partial charge in [0.1, 0.15) is 11.9 Å². The average Bonchev–Trinajstić information content (AvgIpc) is 2.68. The molecule has 0 amide bonds. The molecule has 0 saturated heterocycles. The van der Waals surface area contributed by atoms with E-state index >= 15 is 0 Å². The van der Waals surface area contributed by atoms with Crippen LogP contribution in [0.2, 0.25) is 0 Å². The van der Waals surface area contributed by atoms with Crippen molar-refractivity contribution in [1.82, 2.24) is 0 Å². The number of rotatable bonds is 1. The standard InChI is InChI=1S/C10H10O2/c11-5-7-9-6-3-1-2-4-8(6)12-10(7)9/h1-4,7,9-11H,5H2. The molecule has 1 aromatic rings. The Morgan fingerprint density at radius 3 is 3.00 bits per heavy atom. The lowest BCUT2D eigenvalue weighted by molar-refractivity contribution is 0.224. The van der Waals surface area contributed by atoms with Crippen LogP contribution in [0.15, 0.2) is 24.3 Å². The van der Waals surface area contributed by atoms with Gasteiger partial charge in [-0.3, -0.25) is 0 Å². The molecule has 12 heavy (non-hydrogen) atoms. The third kappa shape index (κ3) is 0.636. The molecule has 1 aliphatic carbocycles. The topological polar surface area (TPSA) is 29.5 Å². The van der Waals surface area contributed by atoms with Crippen molar-refractivity contribution in [3.63, 3.8) is 0 Å². The molecule has 3 rings (SSSR count). The Morgan fingerprint density at radius 2 is 2.17 bits per heavy atom. The highest BCUT2D eigenvalue weighted by Crippen LogP contribution is 2.57. The molecule has 1 heterocycles. The third-order valence-corrected chi connectivity index (χ3v) is 2.85. The Hall–Kier alpha value is -1.02. The first-order chi connectivity index (χ1) is 5.92. The Labute approximate surface area is 70.8 Å². The van der Waals surface area contributed by atoms with Crippen LogP contribution < -0.4 is 4.74 Å². The summed E-state index contributed by atoms with van der Waals surface area (Å²) in [5.74, 6) is 1.85. The van der Waals surface area contributed by atoms with Crippen LogP contribution >= 0.6 is 0 Å². The lowest BCUT2D eigenvalue weighted by Crippen LogP contribution is -2.01. The van der Waals surface area contributed by atoms with E-state index in [2.05, 4.69) is 6.07 Å². The zero-order valence-electron chi connectivity index (χ0n) is 6.60. The Bertz CT molecular complexity index is 321. The first-order valence-corrected chi connectivity index (χ1v) is 4.28. The predicted molar refractivity (Wildman–Crippen MR) is 44.2 cm³/mol. The van der Waals surface area contributed by atoms with Gasteiger partial charge in [0.25, 0.3) is 0 Å². The van der Waals surface area contributed by atoms with Crippen LogP contribution in [0.1, 0.15) is 11.5 Å². The van der Waals surface area contributed by atoms with Gasteiger partial charge in [-0.05, 0) is 6.07 Å². The zero-order valence-corrected chi connectivity index (χ0v) is 6.60. The summed E-state index contributed by atoms with van der Waals surface area (Å²) in [4.78, 5) is 0. The SMILES string of the molecule is OCC1C2Oc3ccccc3C12. The zero-order chi connectivity index (χ0) is 8.13. The fourth-order valence-electron chi connectivity index (χ4n) is 2.14. The monoisotopic (exact) mass is 162 g/mol. The second kappa shape index (κ2) is 2.02. The largest absolute Gasteiger partial charge is 0.489 e. The fourth-order valence-corrected chi connectivity index (χ4v) is 2.14. The summed E-state index contributed by atoms with van der Waals surface area (Å²) >= 11 is 0. The second-order valence-corrected chi connectivity index (χ2v) is 3.49. The lowest BCUT2D eigenvalue weighted by Gasteiger charge is -2.04. The van der Waals surface area contributed by atoms with E-state index < -0.39 is 0 Å². The Morgan fingerprint density at radius 1 is 1.33 bits per heavy atom. The number of aliphatic hydroxyl groups is 1. The van der Waals surface area contributed by atoms with E-state index in [-0.39, 0.29) is 12.7 Å². The van der Waals surface area contributed by atoms with E-state index in [1.54, 1.807) is 0 Å². The molecule has 1 saturated carbocycles. The molecule has 1 N–H and O–H groups in total. The molecule has 0 bridgehead atoms. The number of hydrogen-bond donors (Lipinski definition) is 1. The van der Waals surface area contributed by atoms with Gasteiger partial charge >= 0.3 is 0 Å². The van der Waals surface area contributed by atoms with Crippen molar-refractivity contribution in [3.05, 3.63) is 29.8 Å². The molecule has 1 aliphatic heterocycles. The van der Waals surface area contributed by atoms with Crippen molar-refractivity contribution in [2.45, 2.75) is 12.0 Å². The second-order valence-electron chi connectivity index (χ2n) is 3.49. The van der Waals surface area contributed by atoms with E-state index in [1.165, 1.54) is 5.56 Å². The Balaban J connectivity index is 2.00. The highest BCUT2D eigenvalue weighted by atomic mass is 16.5. The molecule has 3 atom stereocenters. The molecule has 3 unspecified atom stereocenters. The number of ether oxygens (including phenoxy) is 1. The highest BCUT2D eigenvalue weighted by Gasteiger charge is 2.57. The molecular formula is C10H10O2. The summed E-state index contributed by atoms with van der Waals surface area (Å²) < 4.78 is 5.62. The maximum atomic E-state index is 8.96. The van der Waals surface area contributed by atoms with Gasteiger partial charge in [0.15, 0.2) is 0 Å². The summed E-state index contributed by atoms with van der Waals surface area (Å²) in [5.41, 5.74) is 1.28. The van der Waals surface area contributed by atoms with Gasteiger partial charge in [-0.2, -0.15) is 0 Å². The van der Waals surface area contributed by atoms with Crippen molar-refractivity contribution < 1.29 is 9.84 Å². The number of hydrogen-bond acceptors (Lipinski definition) is 2. The number of benzene rings is 1. The molecular weight excluding hydrogens is 152 g/mol. The van der Waals surface area contributed by atoms with E-state index in [4.69, 9.17) is 9.84 Å². The molecule has 1 aromatic carbocycles. The highest BCUT2D eigenvalue weighted by molar-refractivity contribution is 5.47. The molecule has 0 aromatic heterocycles. The van der Waals surface area contributed by atoms with Crippen LogP contribution in [0.3, 0.4) is 0 Å². The number of para-hydroxylation sites is 1. The van der Waals surface area contributed by atoms with E-state index in [0.717, 1.165) is 5.75 Å². The van der Waals surface area contributed by atoms with Gasteiger partial charge in [0.05, 0.1) is 6.61 Å². The summed E-state index contributed by atoms with van der Waals surface area (Å²) in [6, 6.07) is 8.10. The maximum absolute atomic E-state index is 8.96. The van der Waals surface area contributed by atoms with Gasteiger partial charge in [-0.15, -0.1) is 0 Å². The van der Waals surface area contributed by atoms with Crippen LogP contribution in [-0.2, 0) is 0 Å². The van der Waals surface area contributed by atoms with Crippen LogP contribution in [0.5, 0.6) is 5.75 Å². The minimum Gasteiger partial charge on any atom is -0.489 e. The van der Waals surface area contributed by atoms with Gasteiger partial charge in [-0.1, -0.05) is 18.2 Å². The quantitative estimate of drug-likeness (QED) is 0.671. The summed E-state index contributed by atoms with van der Waals surface area (Å²) in [6.45, 7) is 0.254. The van der Waals surface area contributed by atoms with Crippen molar-refractivity contribution in [3.8, 4) is 5.75 Å². The van der Waals surface area contributed by atoms with E-state index in [0.29, 0.717) is 11.8 Å². The predicted octanol–water partition coefficient (Wildman–Crippen LogP) is 1.15. The minimum atomic E-state index is 0.254. The van der Waals surface area contributed by atoms with E-state index in [1.807, 2.05) is 18.2 Å². The lowest BCUT2D eigenvalue weighted by atomic mass is 10.1. The molecule has 0 spiro atoms. The van der Waals surface area contributed by atoms with Crippen LogP contribution in [0.4, 0.5) is 0 Å². The van der Waals surface area contributed by atoms with Gasteiger partial charge in [0.2, 0.25) is 0 Å². The first kappa shape index (κ1) is 6.49. The van der Waals surface area contributed by atoms with Gasteiger partial charge in [0, 0.05) is 17.4 Å². The summed E-state index contributed by atoms with van der Waals surface area (Å²) in [5, 5.41) is 8.96. The first-order valence-electron chi connectivity index (χ1n) is 4.28. The van der Waals surface area contributed by atoms with Crippen LogP contribution in [-0.4, -0.2) is 17.8 Å². The van der Waals surface area contributed by atoms with Crippen molar-refractivity contribution in [2.75, 3.05) is 6.61 Å². The molecule has 1 fully saturated rings.